The maximum Gasteiger partial charge on any atom is 0.276 e. The average molecular weight is 419 g/mol. The Kier molecular flexibility index (Phi) is 5.27. The number of piperidine rings is 1. The van der Waals surface area contributed by atoms with Gasteiger partial charge >= 0.3 is 0 Å². The number of likely N-dealkylation sites (tertiary alicyclic amines) is 1. The SMILES string of the molecule is C[C@@H]1CC[C@H](c2noc(-c3ccc(F)cn3)n2)CN1C(=O)c1ccc(F)c(Cl)c1. The molecule has 1 fully saturated rings. The van der Waals surface area contributed by atoms with E-state index in [1.807, 2.05) is 6.92 Å². The van der Waals surface area contributed by atoms with Crippen LogP contribution in [0.2, 0.25) is 5.02 Å². The maximum absolute atomic E-state index is 13.4. The molecule has 1 aromatic carbocycles. The number of aromatic nitrogens is 3. The van der Waals surface area contributed by atoms with Gasteiger partial charge in [-0.3, -0.25) is 4.79 Å². The van der Waals surface area contributed by atoms with E-state index < -0.39 is 11.6 Å². The summed E-state index contributed by atoms with van der Waals surface area (Å²) in [6, 6.07) is 6.68. The highest BCUT2D eigenvalue weighted by molar-refractivity contribution is 6.31. The summed E-state index contributed by atoms with van der Waals surface area (Å²) in [7, 11) is 0. The summed E-state index contributed by atoms with van der Waals surface area (Å²) >= 11 is 5.82. The van der Waals surface area contributed by atoms with E-state index in [-0.39, 0.29) is 28.8 Å². The zero-order valence-corrected chi connectivity index (χ0v) is 16.2. The van der Waals surface area contributed by atoms with Gasteiger partial charge in [-0.2, -0.15) is 4.98 Å². The monoisotopic (exact) mass is 418 g/mol. The van der Waals surface area contributed by atoms with Gasteiger partial charge in [0.05, 0.1) is 11.2 Å². The Labute approximate surface area is 170 Å². The molecule has 1 aliphatic rings. The normalized spacial score (nSPS) is 19.4. The molecule has 0 unspecified atom stereocenters. The summed E-state index contributed by atoms with van der Waals surface area (Å²) in [5.41, 5.74) is 0.705. The van der Waals surface area contributed by atoms with Gasteiger partial charge in [0.2, 0.25) is 0 Å². The van der Waals surface area contributed by atoms with Crippen LogP contribution >= 0.6 is 11.6 Å². The Balaban J connectivity index is 1.53. The van der Waals surface area contributed by atoms with Gasteiger partial charge in [0.15, 0.2) is 5.82 Å². The van der Waals surface area contributed by atoms with E-state index in [1.54, 1.807) is 4.90 Å². The van der Waals surface area contributed by atoms with E-state index in [0.717, 1.165) is 19.0 Å². The molecule has 0 saturated carbocycles. The highest BCUT2D eigenvalue weighted by Gasteiger charge is 2.33. The summed E-state index contributed by atoms with van der Waals surface area (Å²) in [6.45, 7) is 2.36. The molecule has 150 valence electrons. The van der Waals surface area contributed by atoms with E-state index in [1.165, 1.54) is 30.3 Å². The zero-order valence-electron chi connectivity index (χ0n) is 15.5. The van der Waals surface area contributed by atoms with Crippen molar-refractivity contribution in [2.75, 3.05) is 6.54 Å². The standard InChI is InChI=1S/C20H17ClF2N4O2/c1-11-2-3-13(10-27(11)20(28)12-4-6-16(23)15(21)8-12)18-25-19(29-26-18)17-7-5-14(22)9-24-17/h4-9,11,13H,2-3,10H2,1H3/t11-,13+/m1/s1. The number of carbonyl (C=O) groups is 1. The van der Waals surface area contributed by atoms with Crippen LogP contribution in [0.3, 0.4) is 0 Å². The van der Waals surface area contributed by atoms with Gasteiger partial charge in [-0.15, -0.1) is 0 Å². The van der Waals surface area contributed by atoms with E-state index in [2.05, 4.69) is 15.1 Å². The Morgan fingerprint density at radius 1 is 1.24 bits per heavy atom. The van der Waals surface area contributed by atoms with Crippen molar-refractivity contribution in [1.82, 2.24) is 20.0 Å². The smallest absolute Gasteiger partial charge is 0.276 e. The van der Waals surface area contributed by atoms with Crippen LogP contribution in [0.5, 0.6) is 0 Å². The molecule has 0 radical (unpaired) electrons. The minimum Gasteiger partial charge on any atom is -0.335 e. The van der Waals surface area contributed by atoms with Crippen molar-refractivity contribution in [2.24, 2.45) is 0 Å². The van der Waals surface area contributed by atoms with Crippen LogP contribution < -0.4 is 0 Å². The quantitative estimate of drug-likeness (QED) is 0.627. The third kappa shape index (κ3) is 3.98. The Morgan fingerprint density at radius 3 is 2.79 bits per heavy atom. The molecular weight excluding hydrogens is 402 g/mol. The lowest BCUT2D eigenvalue weighted by molar-refractivity contribution is 0.0604. The molecule has 0 N–H and O–H groups in total. The molecule has 1 amide bonds. The van der Waals surface area contributed by atoms with E-state index in [4.69, 9.17) is 16.1 Å². The van der Waals surface area contributed by atoms with Crippen molar-refractivity contribution in [2.45, 2.75) is 31.7 Å². The second-order valence-corrected chi connectivity index (χ2v) is 7.44. The Bertz CT molecular complexity index is 1040. The fourth-order valence-electron chi connectivity index (χ4n) is 3.40. The largest absolute Gasteiger partial charge is 0.335 e. The van der Waals surface area contributed by atoms with Crippen molar-refractivity contribution >= 4 is 17.5 Å². The predicted octanol–water partition coefficient (Wildman–Crippen LogP) is 4.47. The zero-order chi connectivity index (χ0) is 20.5. The molecule has 1 aliphatic heterocycles. The van der Waals surface area contributed by atoms with Crippen molar-refractivity contribution in [3.8, 4) is 11.6 Å². The van der Waals surface area contributed by atoms with Gasteiger partial charge in [-0.1, -0.05) is 16.8 Å². The topological polar surface area (TPSA) is 72.1 Å². The number of nitrogens with zero attached hydrogens (tertiary/aromatic N) is 4. The molecular formula is C20H17ClF2N4O2. The summed E-state index contributed by atoms with van der Waals surface area (Å²) in [4.78, 5) is 23.0. The summed E-state index contributed by atoms with van der Waals surface area (Å²) in [5.74, 6) is -0.710. The van der Waals surface area contributed by atoms with Crippen LogP contribution in [0.25, 0.3) is 11.6 Å². The molecule has 6 nitrogen and oxygen atoms in total. The number of amides is 1. The van der Waals surface area contributed by atoms with Crippen LogP contribution in [0.1, 0.15) is 41.9 Å². The van der Waals surface area contributed by atoms with Crippen LogP contribution in [0, 0.1) is 11.6 Å². The number of hydrogen-bond donors (Lipinski definition) is 0. The number of hydrogen-bond acceptors (Lipinski definition) is 5. The van der Waals surface area contributed by atoms with Gasteiger partial charge in [-0.05, 0) is 50.1 Å². The number of halogens is 3. The molecule has 29 heavy (non-hydrogen) atoms. The molecule has 0 spiro atoms. The lowest BCUT2D eigenvalue weighted by Crippen LogP contribution is -2.45. The average Bonchev–Trinajstić information content (AvgIpc) is 3.20. The number of carbonyl (C=O) groups excluding carboxylic acids is 1. The van der Waals surface area contributed by atoms with Crippen LogP contribution in [-0.2, 0) is 0 Å². The van der Waals surface area contributed by atoms with E-state index in [9.17, 15) is 13.6 Å². The summed E-state index contributed by atoms with van der Waals surface area (Å²) in [6.07, 6.45) is 2.62. The van der Waals surface area contributed by atoms with Gasteiger partial charge in [0.25, 0.3) is 11.8 Å². The first-order valence-electron chi connectivity index (χ1n) is 9.14. The van der Waals surface area contributed by atoms with Crippen molar-refractivity contribution in [1.29, 1.82) is 0 Å². The molecule has 0 bridgehead atoms. The molecule has 3 heterocycles. The maximum atomic E-state index is 13.4. The third-order valence-electron chi connectivity index (χ3n) is 5.06. The first-order chi connectivity index (χ1) is 13.9. The molecule has 1 saturated heterocycles. The van der Waals surface area contributed by atoms with Gasteiger partial charge in [0.1, 0.15) is 17.3 Å². The number of benzene rings is 1. The van der Waals surface area contributed by atoms with E-state index in [0.29, 0.717) is 23.6 Å². The Morgan fingerprint density at radius 2 is 2.07 bits per heavy atom. The van der Waals surface area contributed by atoms with Crippen LogP contribution in [-0.4, -0.2) is 38.5 Å². The molecule has 3 aromatic rings. The second-order valence-electron chi connectivity index (χ2n) is 7.03. The predicted molar refractivity (Wildman–Crippen MR) is 101 cm³/mol. The highest BCUT2D eigenvalue weighted by atomic mass is 35.5. The first-order valence-corrected chi connectivity index (χ1v) is 9.51. The van der Waals surface area contributed by atoms with Gasteiger partial charge in [-0.25, -0.2) is 13.8 Å². The molecule has 9 heteroatoms. The summed E-state index contributed by atoms with van der Waals surface area (Å²) < 4.78 is 31.7. The van der Waals surface area contributed by atoms with Gasteiger partial charge in [0, 0.05) is 24.1 Å². The fraction of sp³-hybridized carbons (Fsp3) is 0.300. The molecule has 2 atom stereocenters. The lowest BCUT2D eigenvalue weighted by atomic mass is 9.92. The van der Waals surface area contributed by atoms with Crippen molar-refractivity contribution in [3.05, 3.63) is 64.6 Å². The van der Waals surface area contributed by atoms with E-state index >= 15 is 0 Å². The second kappa shape index (κ2) is 7.87. The van der Waals surface area contributed by atoms with Crippen LogP contribution in [0.15, 0.2) is 41.1 Å². The number of rotatable bonds is 3. The fourth-order valence-corrected chi connectivity index (χ4v) is 3.58. The molecule has 4 rings (SSSR count). The minimum atomic E-state index is -0.568. The van der Waals surface area contributed by atoms with Crippen LogP contribution in [0.4, 0.5) is 8.78 Å². The highest BCUT2D eigenvalue weighted by Crippen LogP contribution is 2.31. The van der Waals surface area contributed by atoms with Crippen molar-refractivity contribution in [3.63, 3.8) is 0 Å². The summed E-state index contributed by atoms with van der Waals surface area (Å²) in [5, 5.41) is 3.94. The molecule has 0 aliphatic carbocycles. The first kappa shape index (κ1) is 19.4. The van der Waals surface area contributed by atoms with Crippen molar-refractivity contribution < 1.29 is 18.1 Å². The lowest BCUT2D eigenvalue weighted by Gasteiger charge is -2.37. The third-order valence-corrected chi connectivity index (χ3v) is 5.35. The Hall–Kier alpha value is -2.87. The molecule has 2 aromatic heterocycles. The van der Waals surface area contributed by atoms with Gasteiger partial charge < -0.3 is 9.42 Å². The minimum absolute atomic E-state index is 0.00714. The number of pyridine rings is 1.